The normalized spacial score (nSPS) is 25.6. The first-order chi connectivity index (χ1) is 10.1. The van der Waals surface area contributed by atoms with Gasteiger partial charge >= 0.3 is 0 Å². The molecule has 2 rings (SSSR count). The zero-order chi connectivity index (χ0) is 15.2. The quantitative estimate of drug-likeness (QED) is 0.869. The fourth-order valence-electron chi connectivity index (χ4n) is 2.53. The maximum absolute atomic E-state index is 6.03. The highest BCUT2D eigenvalue weighted by Crippen LogP contribution is 2.24. The number of hydrogen-bond donors (Lipinski definition) is 1. The highest BCUT2D eigenvalue weighted by molar-refractivity contribution is 5.37. The number of hydrogen-bond acceptors (Lipinski definition) is 6. The topological polar surface area (TPSA) is 65.5 Å². The minimum absolute atomic E-state index is 0.128. The van der Waals surface area contributed by atoms with E-state index in [2.05, 4.69) is 29.1 Å². The van der Waals surface area contributed by atoms with Gasteiger partial charge in [-0.25, -0.2) is 4.98 Å². The second-order valence-electron chi connectivity index (χ2n) is 5.36. The minimum atomic E-state index is 0.128. The molecule has 0 amide bonds. The van der Waals surface area contributed by atoms with Crippen LogP contribution in [0.3, 0.4) is 0 Å². The summed E-state index contributed by atoms with van der Waals surface area (Å²) < 4.78 is 17.1. The third-order valence-electron chi connectivity index (χ3n) is 3.38. The van der Waals surface area contributed by atoms with Crippen molar-refractivity contribution in [3.05, 3.63) is 11.9 Å². The van der Waals surface area contributed by atoms with Crippen LogP contribution in [-0.2, 0) is 16.1 Å². The van der Waals surface area contributed by atoms with Gasteiger partial charge in [0, 0.05) is 32.6 Å². The van der Waals surface area contributed by atoms with Crippen LogP contribution in [0.2, 0.25) is 0 Å². The minimum Gasteiger partial charge on any atom is -0.474 e. The Morgan fingerprint density at radius 2 is 2.00 bits per heavy atom. The van der Waals surface area contributed by atoms with Gasteiger partial charge in [0.2, 0.25) is 5.88 Å². The second-order valence-corrected chi connectivity index (χ2v) is 5.36. The molecule has 2 atom stereocenters. The predicted molar refractivity (Wildman–Crippen MR) is 80.6 cm³/mol. The summed E-state index contributed by atoms with van der Waals surface area (Å²) in [7, 11) is 1.83. The molecule has 0 bridgehead atoms. The summed E-state index contributed by atoms with van der Waals surface area (Å²) in [5.41, 5.74) is 0. The Kier molecular flexibility index (Phi) is 5.76. The summed E-state index contributed by atoms with van der Waals surface area (Å²) in [6.45, 7) is 7.13. The van der Waals surface area contributed by atoms with Crippen molar-refractivity contribution in [2.75, 3.05) is 19.0 Å². The molecular weight excluding hydrogens is 270 g/mol. The van der Waals surface area contributed by atoms with Crippen molar-refractivity contribution in [1.29, 1.82) is 0 Å². The molecule has 0 radical (unpaired) electrons. The van der Waals surface area contributed by atoms with Gasteiger partial charge in [0.25, 0.3) is 0 Å². The van der Waals surface area contributed by atoms with Crippen molar-refractivity contribution in [2.45, 2.75) is 58.5 Å². The molecular formula is C15H25N3O3. The standard InChI is InChI=1S/C15H25N3O3/c1-5-19-9-14-17-13(16-4)8-15(18-14)21-12-6-10(2)20-11(3)7-12/h8,10-12H,5-7,9H2,1-4H3,(H,16,17,18). The molecule has 21 heavy (non-hydrogen) atoms. The fraction of sp³-hybridized carbons (Fsp3) is 0.733. The van der Waals surface area contributed by atoms with Crippen LogP contribution in [0.15, 0.2) is 6.07 Å². The van der Waals surface area contributed by atoms with Crippen LogP contribution < -0.4 is 10.1 Å². The first-order valence-corrected chi connectivity index (χ1v) is 7.56. The van der Waals surface area contributed by atoms with Crippen LogP contribution in [0, 0.1) is 0 Å². The summed E-state index contributed by atoms with van der Waals surface area (Å²) in [4.78, 5) is 8.78. The fourth-order valence-corrected chi connectivity index (χ4v) is 2.53. The van der Waals surface area contributed by atoms with Crippen LogP contribution in [0.4, 0.5) is 5.82 Å². The molecule has 6 heteroatoms. The second kappa shape index (κ2) is 7.56. The van der Waals surface area contributed by atoms with Gasteiger partial charge in [-0.2, -0.15) is 4.98 Å². The van der Waals surface area contributed by atoms with E-state index < -0.39 is 0 Å². The van der Waals surface area contributed by atoms with Gasteiger partial charge in [-0.05, 0) is 20.8 Å². The number of nitrogens with one attached hydrogen (secondary N) is 1. The van der Waals surface area contributed by atoms with Gasteiger partial charge in [-0.3, -0.25) is 0 Å². The number of rotatable bonds is 6. The first-order valence-electron chi connectivity index (χ1n) is 7.56. The van der Waals surface area contributed by atoms with Crippen molar-refractivity contribution >= 4 is 5.82 Å². The van der Waals surface area contributed by atoms with Gasteiger partial charge in [-0.1, -0.05) is 0 Å². The van der Waals surface area contributed by atoms with E-state index in [-0.39, 0.29) is 18.3 Å². The largest absolute Gasteiger partial charge is 0.474 e. The maximum Gasteiger partial charge on any atom is 0.219 e. The third-order valence-corrected chi connectivity index (χ3v) is 3.38. The zero-order valence-corrected chi connectivity index (χ0v) is 13.3. The molecule has 1 saturated heterocycles. The van der Waals surface area contributed by atoms with E-state index in [0.717, 1.165) is 18.7 Å². The van der Waals surface area contributed by atoms with E-state index >= 15 is 0 Å². The van der Waals surface area contributed by atoms with Crippen LogP contribution in [0.1, 0.15) is 39.4 Å². The number of anilines is 1. The SMILES string of the molecule is CCOCc1nc(NC)cc(OC2CC(C)OC(C)C2)n1. The number of nitrogens with zero attached hydrogens (tertiary/aromatic N) is 2. The van der Waals surface area contributed by atoms with Crippen molar-refractivity contribution < 1.29 is 14.2 Å². The molecule has 1 N–H and O–H groups in total. The molecule has 2 unspecified atom stereocenters. The zero-order valence-electron chi connectivity index (χ0n) is 13.3. The van der Waals surface area contributed by atoms with E-state index in [1.165, 1.54) is 0 Å². The highest BCUT2D eigenvalue weighted by atomic mass is 16.5. The lowest BCUT2D eigenvalue weighted by Gasteiger charge is -2.32. The summed E-state index contributed by atoms with van der Waals surface area (Å²) in [6, 6.07) is 1.82. The van der Waals surface area contributed by atoms with E-state index in [9.17, 15) is 0 Å². The van der Waals surface area contributed by atoms with E-state index in [0.29, 0.717) is 24.9 Å². The predicted octanol–water partition coefficient (Wildman–Crippen LogP) is 2.39. The van der Waals surface area contributed by atoms with E-state index in [1.807, 2.05) is 20.0 Å². The van der Waals surface area contributed by atoms with Gasteiger partial charge in [0.05, 0.1) is 12.2 Å². The molecule has 1 fully saturated rings. The third kappa shape index (κ3) is 4.82. The lowest BCUT2D eigenvalue weighted by atomic mass is 10.0. The van der Waals surface area contributed by atoms with Crippen LogP contribution >= 0.6 is 0 Å². The highest BCUT2D eigenvalue weighted by Gasteiger charge is 2.26. The van der Waals surface area contributed by atoms with Crippen LogP contribution in [0.25, 0.3) is 0 Å². The van der Waals surface area contributed by atoms with Gasteiger partial charge in [0.15, 0.2) is 5.82 Å². The number of ether oxygens (including phenoxy) is 3. The smallest absolute Gasteiger partial charge is 0.219 e. The van der Waals surface area contributed by atoms with Crippen molar-refractivity contribution in [2.24, 2.45) is 0 Å². The van der Waals surface area contributed by atoms with Crippen LogP contribution in [-0.4, -0.2) is 41.9 Å². The molecule has 1 aromatic rings. The monoisotopic (exact) mass is 295 g/mol. The van der Waals surface area contributed by atoms with Crippen molar-refractivity contribution in [1.82, 2.24) is 9.97 Å². The summed E-state index contributed by atoms with van der Waals surface area (Å²) in [6.07, 6.45) is 2.32. The Morgan fingerprint density at radius 1 is 1.29 bits per heavy atom. The molecule has 0 aromatic carbocycles. The van der Waals surface area contributed by atoms with Crippen LogP contribution in [0.5, 0.6) is 5.88 Å². The van der Waals surface area contributed by atoms with E-state index in [1.54, 1.807) is 0 Å². The molecule has 118 valence electrons. The molecule has 0 saturated carbocycles. The maximum atomic E-state index is 6.03. The Hall–Kier alpha value is -1.40. The average molecular weight is 295 g/mol. The summed E-state index contributed by atoms with van der Waals surface area (Å²) >= 11 is 0. The van der Waals surface area contributed by atoms with Gasteiger partial charge in [0.1, 0.15) is 18.5 Å². The molecule has 0 aliphatic carbocycles. The summed E-state index contributed by atoms with van der Waals surface area (Å²) in [5, 5.41) is 3.03. The lowest BCUT2D eigenvalue weighted by molar-refractivity contribution is -0.0730. The van der Waals surface area contributed by atoms with Gasteiger partial charge in [-0.15, -0.1) is 0 Å². The first kappa shape index (κ1) is 16.0. The molecule has 2 heterocycles. The van der Waals surface area contributed by atoms with Gasteiger partial charge < -0.3 is 19.5 Å². The van der Waals surface area contributed by atoms with Crippen molar-refractivity contribution in [3.63, 3.8) is 0 Å². The summed E-state index contributed by atoms with van der Waals surface area (Å²) in [5.74, 6) is 1.96. The average Bonchev–Trinajstić information content (AvgIpc) is 2.43. The molecule has 0 spiro atoms. The van der Waals surface area contributed by atoms with E-state index in [4.69, 9.17) is 14.2 Å². The Labute approximate surface area is 126 Å². The number of aromatic nitrogens is 2. The molecule has 1 aromatic heterocycles. The molecule has 1 aliphatic heterocycles. The molecule has 6 nitrogen and oxygen atoms in total. The van der Waals surface area contributed by atoms with Crippen molar-refractivity contribution in [3.8, 4) is 5.88 Å². The Balaban J connectivity index is 2.07. The lowest BCUT2D eigenvalue weighted by Crippen LogP contribution is -2.35. The Morgan fingerprint density at radius 3 is 2.62 bits per heavy atom. The Bertz CT molecular complexity index is 446. The molecule has 1 aliphatic rings.